The lowest BCUT2D eigenvalue weighted by Gasteiger charge is -2.19. The van der Waals surface area contributed by atoms with Gasteiger partial charge in [0.05, 0.1) is 22.9 Å². The van der Waals surface area contributed by atoms with Crippen LogP contribution in [0.1, 0.15) is 47.4 Å². The minimum absolute atomic E-state index is 0.242. The third kappa shape index (κ3) is 5.69. The average Bonchev–Trinajstić information content (AvgIpc) is 3.42. The monoisotopic (exact) mass is 501 g/mol. The lowest BCUT2D eigenvalue weighted by molar-refractivity contribution is 0.00694. The molecule has 0 unspecified atom stereocenters. The van der Waals surface area contributed by atoms with Crippen molar-refractivity contribution in [1.29, 1.82) is 0 Å². The van der Waals surface area contributed by atoms with Crippen molar-refractivity contribution in [2.24, 2.45) is 0 Å². The van der Waals surface area contributed by atoms with Crippen molar-refractivity contribution >= 4 is 46.2 Å². The number of esters is 1. The van der Waals surface area contributed by atoms with E-state index < -0.39 is 17.7 Å². The van der Waals surface area contributed by atoms with Gasteiger partial charge in [-0.15, -0.1) is 10.2 Å². The summed E-state index contributed by atoms with van der Waals surface area (Å²) in [5, 5.41) is 22.2. The molecule has 0 spiro atoms. The zero-order valence-electron chi connectivity index (χ0n) is 18.9. The van der Waals surface area contributed by atoms with Crippen molar-refractivity contribution < 1.29 is 19.4 Å². The average molecular weight is 502 g/mol. The Bertz CT molecular complexity index is 1210. The number of rotatable bonds is 5. The van der Waals surface area contributed by atoms with Gasteiger partial charge in [-0.2, -0.15) is 0 Å². The highest BCUT2D eigenvalue weighted by atomic mass is 35.5. The molecule has 0 radical (unpaired) electrons. The fourth-order valence-corrected chi connectivity index (χ4v) is 4.36. The first-order valence-electron chi connectivity index (χ1n) is 10.7. The van der Waals surface area contributed by atoms with Gasteiger partial charge in [0.2, 0.25) is 5.01 Å². The van der Waals surface area contributed by atoms with Crippen LogP contribution >= 0.6 is 22.9 Å². The molecule has 3 aromatic rings. The number of ether oxygens (including phenoxy) is 1. The number of nitrogens with zero attached hydrogens (tertiary/aromatic N) is 4. The van der Waals surface area contributed by atoms with Gasteiger partial charge in [0, 0.05) is 25.0 Å². The number of pyridine rings is 1. The molecule has 34 heavy (non-hydrogen) atoms. The molecule has 1 aromatic carbocycles. The number of β-amino-alcohol motifs (C(OH)–C–C–N with tert-alkyl or cyclic N) is 1. The Labute approximate surface area is 205 Å². The maximum Gasteiger partial charge on any atom is 0.338 e. The summed E-state index contributed by atoms with van der Waals surface area (Å²) in [5.74, 6) is -0.655. The predicted octanol–water partition coefficient (Wildman–Crippen LogP) is 4.16. The van der Waals surface area contributed by atoms with E-state index in [0.717, 1.165) is 11.3 Å². The Hall–Kier alpha value is -3.08. The molecule has 9 nitrogen and oxygen atoms in total. The molecule has 178 valence electrons. The van der Waals surface area contributed by atoms with Gasteiger partial charge in [0.15, 0.2) is 5.01 Å². The SMILES string of the molecule is CC(C)(C)OC(=O)c1ccc(Nc2cc(Cl)ncc2-c2nnc(C(=O)N3CC[C@@H](O)C3)s2)cc1. The predicted molar refractivity (Wildman–Crippen MR) is 130 cm³/mol. The van der Waals surface area contributed by atoms with Crippen molar-refractivity contribution in [3.8, 4) is 10.6 Å². The minimum atomic E-state index is -0.576. The summed E-state index contributed by atoms with van der Waals surface area (Å²) in [6, 6.07) is 8.50. The fraction of sp³-hybridized carbons (Fsp3) is 0.348. The normalized spacial score (nSPS) is 15.9. The van der Waals surface area contributed by atoms with E-state index in [-0.39, 0.29) is 16.1 Å². The number of benzene rings is 1. The number of aliphatic hydroxyl groups excluding tert-OH is 1. The molecule has 1 fully saturated rings. The Kier molecular flexibility index (Phi) is 6.83. The summed E-state index contributed by atoms with van der Waals surface area (Å²) in [6.45, 7) is 6.23. The van der Waals surface area contributed by atoms with Crippen LogP contribution in [0.25, 0.3) is 10.6 Å². The molecule has 0 bridgehead atoms. The Balaban J connectivity index is 1.54. The molecule has 1 atom stereocenters. The topological polar surface area (TPSA) is 118 Å². The second-order valence-corrected chi connectivity index (χ2v) is 10.2. The Morgan fingerprint density at radius 1 is 1.24 bits per heavy atom. The second-order valence-electron chi connectivity index (χ2n) is 8.86. The van der Waals surface area contributed by atoms with E-state index in [1.54, 1.807) is 41.4 Å². The smallest absolute Gasteiger partial charge is 0.338 e. The molecule has 1 saturated heterocycles. The van der Waals surface area contributed by atoms with Gasteiger partial charge in [0.25, 0.3) is 5.91 Å². The molecule has 3 heterocycles. The van der Waals surface area contributed by atoms with Crippen molar-refractivity contribution in [2.45, 2.75) is 38.9 Å². The van der Waals surface area contributed by atoms with E-state index in [0.29, 0.717) is 47.0 Å². The van der Waals surface area contributed by atoms with Crippen molar-refractivity contribution in [2.75, 3.05) is 18.4 Å². The molecule has 2 N–H and O–H groups in total. The molecule has 0 aliphatic carbocycles. The number of anilines is 2. The lowest BCUT2D eigenvalue weighted by atomic mass is 10.1. The second kappa shape index (κ2) is 9.65. The first kappa shape index (κ1) is 24.1. The number of carbonyl (C=O) groups is 2. The summed E-state index contributed by atoms with van der Waals surface area (Å²) >= 11 is 7.27. The summed E-state index contributed by atoms with van der Waals surface area (Å²) in [5.41, 5.74) is 1.82. The van der Waals surface area contributed by atoms with Gasteiger partial charge in [-0.05, 0) is 57.5 Å². The van der Waals surface area contributed by atoms with E-state index in [4.69, 9.17) is 16.3 Å². The van der Waals surface area contributed by atoms with Crippen LogP contribution < -0.4 is 5.32 Å². The van der Waals surface area contributed by atoms with Crippen LogP contribution in [0, 0.1) is 0 Å². The largest absolute Gasteiger partial charge is 0.456 e. The first-order valence-corrected chi connectivity index (χ1v) is 11.9. The molecule has 1 aliphatic heterocycles. The van der Waals surface area contributed by atoms with E-state index in [1.807, 2.05) is 20.8 Å². The number of aromatic nitrogens is 3. The Morgan fingerprint density at radius 2 is 1.97 bits per heavy atom. The van der Waals surface area contributed by atoms with Gasteiger partial charge in [-0.3, -0.25) is 4.79 Å². The minimum Gasteiger partial charge on any atom is -0.456 e. The van der Waals surface area contributed by atoms with Crippen LogP contribution in [0.5, 0.6) is 0 Å². The van der Waals surface area contributed by atoms with Crippen molar-refractivity contribution in [1.82, 2.24) is 20.1 Å². The summed E-state index contributed by atoms with van der Waals surface area (Å²) in [4.78, 5) is 30.6. The number of aliphatic hydroxyl groups is 1. The molecule has 2 aromatic heterocycles. The number of likely N-dealkylation sites (tertiary alicyclic amines) is 1. The lowest BCUT2D eigenvalue weighted by Crippen LogP contribution is -2.29. The van der Waals surface area contributed by atoms with E-state index >= 15 is 0 Å². The summed E-state index contributed by atoms with van der Waals surface area (Å²) in [6.07, 6.45) is 1.61. The highest BCUT2D eigenvalue weighted by Gasteiger charge is 2.28. The quantitative estimate of drug-likeness (QED) is 0.395. The molecule has 11 heteroatoms. The fourth-order valence-electron chi connectivity index (χ4n) is 3.37. The third-order valence-electron chi connectivity index (χ3n) is 4.96. The highest BCUT2D eigenvalue weighted by Crippen LogP contribution is 2.34. The number of carbonyl (C=O) groups excluding carboxylic acids is 2. The van der Waals surface area contributed by atoms with Crippen LogP contribution in [0.3, 0.4) is 0 Å². The molecular formula is C23H24ClN5O4S. The van der Waals surface area contributed by atoms with Crippen LogP contribution in [-0.2, 0) is 4.74 Å². The number of hydrogen-bond acceptors (Lipinski definition) is 9. The van der Waals surface area contributed by atoms with E-state index in [1.165, 1.54) is 0 Å². The number of halogens is 1. The van der Waals surface area contributed by atoms with Crippen molar-refractivity contribution in [3.63, 3.8) is 0 Å². The molecule has 0 saturated carbocycles. The molecular weight excluding hydrogens is 478 g/mol. The van der Waals surface area contributed by atoms with Crippen molar-refractivity contribution in [3.05, 3.63) is 52.3 Å². The summed E-state index contributed by atoms with van der Waals surface area (Å²) in [7, 11) is 0. The van der Waals surface area contributed by atoms with Gasteiger partial charge in [0.1, 0.15) is 10.8 Å². The highest BCUT2D eigenvalue weighted by molar-refractivity contribution is 7.16. The number of amides is 1. The van der Waals surface area contributed by atoms with Crippen LogP contribution in [0.15, 0.2) is 36.5 Å². The first-order chi connectivity index (χ1) is 16.1. The summed E-state index contributed by atoms with van der Waals surface area (Å²) < 4.78 is 5.40. The molecule has 1 amide bonds. The van der Waals surface area contributed by atoms with Crippen LogP contribution in [0.4, 0.5) is 11.4 Å². The third-order valence-corrected chi connectivity index (χ3v) is 6.11. The van der Waals surface area contributed by atoms with Gasteiger partial charge >= 0.3 is 5.97 Å². The standard InChI is InChI=1S/C23H24ClN5O4S/c1-23(2,3)33-22(32)13-4-6-14(7-5-13)26-17-10-18(24)25-11-16(17)19-27-28-20(34-19)21(31)29-9-8-15(30)12-29/h4-7,10-11,15,30H,8-9,12H2,1-3H3,(H,25,26)/t15-/m1/s1. The number of hydrogen-bond donors (Lipinski definition) is 2. The zero-order chi connectivity index (χ0) is 24.5. The van der Waals surface area contributed by atoms with Gasteiger partial charge in [-0.25, -0.2) is 9.78 Å². The Morgan fingerprint density at radius 3 is 2.62 bits per heavy atom. The van der Waals surface area contributed by atoms with Crippen LogP contribution in [-0.4, -0.2) is 61.9 Å². The van der Waals surface area contributed by atoms with E-state index in [9.17, 15) is 14.7 Å². The van der Waals surface area contributed by atoms with E-state index in [2.05, 4.69) is 20.5 Å². The molecule has 1 aliphatic rings. The maximum atomic E-state index is 12.7. The van der Waals surface area contributed by atoms with Crippen LogP contribution in [0.2, 0.25) is 5.15 Å². The van der Waals surface area contributed by atoms with Gasteiger partial charge < -0.3 is 20.1 Å². The molecule has 4 rings (SSSR count). The number of nitrogens with one attached hydrogen (secondary N) is 1. The maximum absolute atomic E-state index is 12.7. The van der Waals surface area contributed by atoms with Gasteiger partial charge in [-0.1, -0.05) is 22.9 Å². The zero-order valence-corrected chi connectivity index (χ0v) is 20.5.